The molecular formula is C18H20N2O2S. The highest BCUT2D eigenvalue weighted by molar-refractivity contribution is 7.91. The minimum Gasteiger partial charge on any atom is -0.331 e. The Hall–Kier alpha value is -2.14. The van der Waals surface area contributed by atoms with E-state index in [1.54, 1.807) is 24.3 Å². The third-order valence-electron chi connectivity index (χ3n) is 3.94. The molecule has 0 atom stereocenters. The number of benzene rings is 2. The van der Waals surface area contributed by atoms with Crippen LogP contribution in [0.15, 0.2) is 65.8 Å². The van der Waals surface area contributed by atoms with Crippen molar-refractivity contribution in [3.05, 3.63) is 60.9 Å². The van der Waals surface area contributed by atoms with Crippen LogP contribution in [0.2, 0.25) is 0 Å². The van der Waals surface area contributed by atoms with Crippen LogP contribution in [0.5, 0.6) is 0 Å². The van der Waals surface area contributed by atoms with E-state index in [1.807, 2.05) is 30.6 Å². The summed E-state index contributed by atoms with van der Waals surface area (Å²) in [5.41, 5.74) is 2.13. The van der Waals surface area contributed by atoms with Gasteiger partial charge in [0.15, 0.2) is 9.84 Å². The lowest BCUT2D eigenvalue weighted by atomic mass is 10.2. The van der Waals surface area contributed by atoms with Crippen LogP contribution in [-0.4, -0.2) is 23.7 Å². The Kier molecular flexibility index (Phi) is 4.76. The zero-order chi connectivity index (χ0) is 16.1. The second kappa shape index (κ2) is 6.96. The highest BCUT2D eigenvalue weighted by Crippen LogP contribution is 2.15. The van der Waals surface area contributed by atoms with Crippen molar-refractivity contribution in [2.24, 2.45) is 0 Å². The highest BCUT2D eigenvalue weighted by atomic mass is 32.2. The number of aromatic nitrogens is 2. The van der Waals surface area contributed by atoms with Crippen LogP contribution < -0.4 is 0 Å². The van der Waals surface area contributed by atoms with Crippen molar-refractivity contribution in [3.8, 4) is 0 Å². The number of sulfone groups is 1. The summed E-state index contributed by atoms with van der Waals surface area (Å²) >= 11 is 0. The van der Waals surface area contributed by atoms with Crippen LogP contribution >= 0.6 is 0 Å². The molecule has 1 heterocycles. The van der Waals surface area contributed by atoms with E-state index >= 15 is 0 Å². The maximum absolute atomic E-state index is 12.2. The molecule has 0 spiro atoms. The second-order valence-electron chi connectivity index (χ2n) is 5.62. The van der Waals surface area contributed by atoms with Crippen molar-refractivity contribution in [1.29, 1.82) is 0 Å². The lowest BCUT2D eigenvalue weighted by Crippen LogP contribution is -2.07. The molecule has 0 aliphatic carbocycles. The molecule has 0 amide bonds. The molecule has 0 bridgehead atoms. The summed E-state index contributed by atoms with van der Waals surface area (Å²) in [4.78, 5) is 4.78. The van der Waals surface area contributed by atoms with E-state index in [1.165, 1.54) is 0 Å². The predicted molar refractivity (Wildman–Crippen MR) is 92.1 cm³/mol. The van der Waals surface area contributed by atoms with Crippen LogP contribution in [0, 0.1) is 0 Å². The van der Waals surface area contributed by atoms with E-state index in [9.17, 15) is 8.42 Å². The molecule has 0 saturated carbocycles. The number of unbranched alkanes of at least 4 members (excludes halogenated alkanes) is 2. The third kappa shape index (κ3) is 3.79. The Bertz CT molecular complexity index is 870. The van der Waals surface area contributed by atoms with Gasteiger partial charge in [-0.3, -0.25) is 0 Å². The summed E-state index contributed by atoms with van der Waals surface area (Å²) in [6, 6.07) is 16.7. The first kappa shape index (κ1) is 15.7. The van der Waals surface area contributed by atoms with Crippen LogP contribution in [0.25, 0.3) is 11.0 Å². The molecule has 0 radical (unpaired) electrons. The largest absolute Gasteiger partial charge is 0.331 e. The number of aryl methyl sites for hydroxylation is 1. The van der Waals surface area contributed by atoms with E-state index in [-0.39, 0.29) is 5.75 Å². The fourth-order valence-corrected chi connectivity index (χ4v) is 4.08. The van der Waals surface area contributed by atoms with Gasteiger partial charge < -0.3 is 4.57 Å². The smallest absolute Gasteiger partial charge is 0.178 e. The van der Waals surface area contributed by atoms with Gasteiger partial charge in [-0.2, -0.15) is 0 Å². The Morgan fingerprint density at radius 1 is 0.870 bits per heavy atom. The van der Waals surface area contributed by atoms with Gasteiger partial charge in [0.2, 0.25) is 0 Å². The number of imidazole rings is 1. The number of nitrogens with zero attached hydrogens (tertiary/aromatic N) is 2. The van der Waals surface area contributed by atoms with Gasteiger partial charge in [-0.15, -0.1) is 0 Å². The lowest BCUT2D eigenvalue weighted by Gasteiger charge is -2.06. The first-order valence-corrected chi connectivity index (χ1v) is 9.50. The van der Waals surface area contributed by atoms with Crippen molar-refractivity contribution in [3.63, 3.8) is 0 Å². The first-order chi connectivity index (χ1) is 11.2. The van der Waals surface area contributed by atoms with Crippen molar-refractivity contribution >= 4 is 20.9 Å². The molecular weight excluding hydrogens is 308 g/mol. The molecule has 3 aromatic rings. The molecule has 0 N–H and O–H groups in total. The van der Waals surface area contributed by atoms with Crippen LogP contribution in [-0.2, 0) is 16.4 Å². The van der Waals surface area contributed by atoms with Crippen LogP contribution in [0.1, 0.15) is 19.3 Å². The molecule has 0 unspecified atom stereocenters. The number of fused-ring (bicyclic) bond motifs is 1. The maximum Gasteiger partial charge on any atom is 0.178 e. The van der Waals surface area contributed by atoms with Crippen molar-refractivity contribution in [2.75, 3.05) is 5.75 Å². The van der Waals surface area contributed by atoms with Crippen LogP contribution in [0.3, 0.4) is 0 Å². The van der Waals surface area contributed by atoms with E-state index in [0.29, 0.717) is 11.3 Å². The molecule has 5 heteroatoms. The summed E-state index contributed by atoms with van der Waals surface area (Å²) in [5, 5.41) is 0. The van der Waals surface area contributed by atoms with Gasteiger partial charge in [0.1, 0.15) is 0 Å². The predicted octanol–water partition coefficient (Wildman–Crippen LogP) is 3.68. The topological polar surface area (TPSA) is 52.0 Å². The molecule has 3 rings (SSSR count). The van der Waals surface area contributed by atoms with Crippen molar-refractivity contribution in [2.45, 2.75) is 30.7 Å². The first-order valence-electron chi connectivity index (χ1n) is 7.84. The molecule has 0 saturated heterocycles. The fraction of sp³-hybridized carbons (Fsp3) is 0.278. The highest BCUT2D eigenvalue weighted by Gasteiger charge is 2.12. The number of rotatable bonds is 7. The quantitative estimate of drug-likeness (QED) is 0.622. The minimum absolute atomic E-state index is 0.210. The van der Waals surface area contributed by atoms with Gasteiger partial charge in [0, 0.05) is 6.54 Å². The Labute approximate surface area is 136 Å². The van der Waals surface area contributed by atoms with E-state index in [4.69, 9.17) is 0 Å². The summed E-state index contributed by atoms with van der Waals surface area (Å²) < 4.78 is 26.5. The summed E-state index contributed by atoms with van der Waals surface area (Å²) in [6.07, 6.45) is 4.37. The lowest BCUT2D eigenvalue weighted by molar-refractivity contribution is 0.580. The monoisotopic (exact) mass is 328 g/mol. The second-order valence-corrected chi connectivity index (χ2v) is 7.73. The Morgan fingerprint density at radius 3 is 2.43 bits per heavy atom. The molecule has 1 aromatic heterocycles. The molecule has 0 fully saturated rings. The Morgan fingerprint density at radius 2 is 1.61 bits per heavy atom. The normalized spacial score (nSPS) is 11.8. The van der Waals surface area contributed by atoms with Gasteiger partial charge in [0.05, 0.1) is 28.0 Å². The van der Waals surface area contributed by atoms with Gasteiger partial charge in [-0.1, -0.05) is 36.8 Å². The number of hydrogen-bond acceptors (Lipinski definition) is 3. The number of para-hydroxylation sites is 2. The van der Waals surface area contributed by atoms with Crippen molar-refractivity contribution < 1.29 is 8.42 Å². The third-order valence-corrected chi connectivity index (χ3v) is 5.76. The van der Waals surface area contributed by atoms with Gasteiger partial charge >= 0.3 is 0 Å². The summed E-state index contributed by atoms with van der Waals surface area (Å²) in [6.45, 7) is 0.867. The molecule has 4 nitrogen and oxygen atoms in total. The summed E-state index contributed by atoms with van der Waals surface area (Å²) in [7, 11) is -3.15. The SMILES string of the molecule is O=S(=O)(CCCCCn1cnc2ccccc21)c1ccccc1. The van der Waals surface area contributed by atoms with E-state index < -0.39 is 9.84 Å². The molecule has 0 aliphatic rings. The molecule has 23 heavy (non-hydrogen) atoms. The average Bonchev–Trinajstić information content (AvgIpc) is 2.99. The summed E-state index contributed by atoms with van der Waals surface area (Å²) in [5.74, 6) is 0.210. The van der Waals surface area contributed by atoms with Crippen LogP contribution in [0.4, 0.5) is 0 Å². The zero-order valence-electron chi connectivity index (χ0n) is 12.9. The van der Waals surface area contributed by atoms with Crippen molar-refractivity contribution in [1.82, 2.24) is 9.55 Å². The number of hydrogen-bond donors (Lipinski definition) is 0. The minimum atomic E-state index is -3.15. The fourth-order valence-electron chi connectivity index (χ4n) is 2.69. The average molecular weight is 328 g/mol. The van der Waals surface area contributed by atoms with E-state index in [0.717, 1.165) is 30.4 Å². The maximum atomic E-state index is 12.2. The Balaban J connectivity index is 1.49. The van der Waals surface area contributed by atoms with Gasteiger partial charge in [-0.25, -0.2) is 13.4 Å². The molecule has 120 valence electrons. The zero-order valence-corrected chi connectivity index (χ0v) is 13.7. The van der Waals surface area contributed by atoms with Gasteiger partial charge in [0.25, 0.3) is 0 Å². The molecule has 0 aliphatic heterocycles. The van der Waals surface area contributed by atoms with E-state index in [2.05, 4.69) is 15.6 Å². The standard InChI is InChI=1S/C18H20N2O2S/c21-23(22,16-9-3-1-4-10-16)14-8-2-7-13-20-15-19-17-11-5-6-12-18(17)20/h1,3-6,9-12,15H,2,7-8,13-14H2. The van der Waals surface area contributed by atoms with Gasteiger partial charge in [-0.05, 0) is 37.1 Å². The molecule has 2 aromatic carbocycles.